The van der Waals surface area contributed by atoms with Crippen molar-refractivity contribution in [1.29, 1.82) is 0 Å². The molecule has 152 valence electrons. The first-order valence-electron chi connectivity index (χ1n) is 10.1. The first-order valence-corrected chi connectivity index (χ1v) is 10.5. The molecule has 0 aliphatic carbocycles. The first-order chi connectivity index (χ1) is 13.0. The predicted molar refractivity (Wildman–Crippen MR) is 109 cm³/mol. The van der Waals surface area contributed by atoms with E-state index < -0.39 is 17.4 Å². The molecule has 1 rings (SSSR count). The Bertz CT molecular complexity index is 581. The van der Waals surface area contributed by atoms with Crippen molar-refractivity contribution in [3.05, 3.63) is 34.9 Å². The average Bonchev–Trinajstić information content (AvgIpc) is 2.67. The second-order valence-electron chi connectivity index (χ2n) is 6.90. The summed E-state index contributed by atoms with van der Waals surface area (Å²) in [6.07, 6.45) is 7.40. The monoisotopic (exact) mass is 396 g/mol. The zero-order valence-electron chi connectivity index (χ0n) is 16.9. The Balaban J connectivity index is 2.54. The van der Waals surface area contributed by atoms with Gasteiger partial charge in [0.15, 0.2) is 5.41 Å². The van der Waals surface area contributed by atoms with Gasteiger partial charge in [0, 0.05) is 5.02 Å². The molecule has 0 atom stereocenters. The molecule has 4 nitrogen and oxygen atoms in total. The number of benzene rings is 1. The van der Waals surface area contributed by atoms with Crippen LogP contribution in [0.25, 0.3) is 0 Å². The van der Waals surface area contributed by atoms with Crippen LogP contribution in [0, 0.1) is 5.41 Å². The van der Waals surface area contributed by atoms with Gasteiger partial charge in [-0.25, -0.2) is 0 Å². The van der Waals surface area contributed by atoms with E-state index in [1.54, 1.807) is 18.2 Å². The number of halogens is 1. The number of ether oxygens (including phenoxy) is 2. The van der Waals surface area contributed by atoms with Crippen molar-refractivity contribution in [2.45, 2.75) is 78.7 Å². The number of rotatable bonds is 13. The van der Waals surface area contributed by atoms with Crippen LogP contribution < -0.4 is 0 Å². The van der Waals surface area contributed by atoms with Crippen molar-refractivity contribution in [2.24, 2.45) is 5.41 Å². The van der Waals surface area contributed by atoms with E-state index in [0.717, 1.165) is 24.8 Å². The summed E-state index contributed by atoms with van der Waals surface area (Å²) >= 11 is 5.95. The van der Waals surface area contributed by atoms with Gasteiger partial charge < -0.3 is 9.47 Å². The molecule has 0 saturated carbocycles. The molecule has 0 aromatic heterocycles. The third kappa shape index (κ3) is 7.53. The van der Waals surface area contributed by atoms with E-state index in [9.17, 15) is 9.59 Å². The van der Waals surface area contributed by atoms with Crippen molar-refractivity contribution in [1.82, 2.24) is 0 Å². The predicted octanol–water partition coefficient (Wildman–Crippen LogP) is 6.09. The minimum absolute atomic E-state index is 0.0891. The summed E-state index contributed by atoms with van der Waals surface area (Å²) in [7, 11) is 0. The average molecular weight is 397 g/mol. The van der Waals surface area contributed by atoms with E-state index >= 15 is 0 Å². The maximum absolute atomic E-state index is 12.7. The largest absolute Gasteiger partial charge is 0.465 e. The quantitative estimate of drug-likeness (QED) is 0.230. The lowest BCUT2D eigenvalue weighted by molar-refractivity contribution is -0.174. The Morgan fingerprint density at radius 1 is 0.926 bits per heavy atom. The first kappa shape index (κ1) is 23.5. The topological polar surface area (TPSA) is 52.6 Å². The lowest BCUT2D eigenvalue weighted by Crippen LogP contribution is -2.41. The highest BCUT2D eigenvalue weighted by Crippen LogP contribution is 2.31. The minimum Gasteiger partial charge on any atom is -0.465 e. The molecule has 0 bridgehead atoms. The number of esters is 2. The van der Waals surface area contributed by atoms with Gasteiger partial charge in [-0.1, -0.05) is 76.6 Å². The van der Waals surface area contributed by atoms with Gasteiger partial charge in [0.2, 0.25) is 0 Å². The summed E-state index contributed by atoms with van der Waals surface area (Å²) in [6.45, 7) is 6.26. The number of carbonyl (C=O) groups is 2. The highest BCUT2D eigenvalue weighted by Gasteiger charge is 2.45. The molecular formula is C22H33ClO4. The molecule has 0 fully saturated rings. The maximum Gasteiger partial charge on any atom is 0.323 e. The number of unbranched alkanes of at least 4 members (excludes halogenated alkanes) is 5. The van der Waals surface area contributed by atoms with Crippen molar-refractivity contribution in [2.75, 3.05) is 6.61 Å². The zero-order valence-corrected chi connectivity index (χ0v) is 17.6. The van der Waals surface area contributed by atoms with Crippen LogP contribution in [0.1, 0.15) is 77.7 Å². The number of hydrogen-bond acceptors (Lipinski definition) is 4. The molecule has 0 amide bonds. The minimum atomic E-state index is -1.24. The highest BCUT2D eigenvalue weighted by molar-refractivity contribution is 6.30. The second-order valence-corrected chi connectivity index (χ2v) is 7.34. The van der Waals surface area contributed by atoms with Crippen LogP contribution in [-0.4, -0.2) is 18.5 Å². The summed E-state index contributed by atoms with van der Waals surface area (Å²) in [5.41, 5.74) is -0.446. The van der Waals surface area contributed by atoms with Crippen LogP contribution in [-0.2, 0) is 25.7 Å². The molecular weight excluding hydrogens is 364 g/mol. The van der Waals surface area contributed by atoms with E-state index in [1.165, 1.54) is 19.3 Å². The van der Waals surface area contributed by atoms with Gasteiger partial charge in [-0.3, -0.25) is 9.59 Å². The molecule has 5 heteroatoms. The van der Waals surface area contributed by atoms with Crippen LogP contribution in [0.15, 0.2) is 24.3 Å². The molecule has 0 N–H and O–H groups in total. The molecule has 0 radical (unpaired) electrons. The Kier molecular flexibility index (Phi) is 11.1. The Morgan fingerprint density at radius 3 is 2.19 bits per heavy atom. The lowest BCUT2D eigenvalue weighted by atomic mass is 9.82. The number of carbonyl (C=O) groups excluding carboxylic acids is 2. The highest BCUT2D eigenvalue weighted by atomic mass is 35.5. The molecule has 0 spiro atoms. The van der Waals surface area contributed by atoms with Gasteiger partial charge in [0.05, 0.1) is 6.61 Å². The summed E-state index contributed by atoms with van der Waals surface area (Å²) in [5, 5.41) is 0.583. The fourth-order valence-corrected chi connectivity index (χ4v) is 3.22. The van der Waals surface area contributed by atoms with Crippen molar-refractivity contribution in [3.63, 3.8) is 0 Å². The standard InChI is InChI=1S/C22H33ClO4/c1-4-7-8-9-10-11-15-26-20(24)22(5-2,6-3)21(25)27-17-18-13-12-14-19(23)16-18/h12-14,16H,4-11,15,17H2,1-3H3. The molecule has 27 heavy (non-hydrogen) atoms. The molecule has 1 aromatic carbocycles. The van der Waals surface area contributed by atoms with Crippen LogP contribution in [0.2, 0.25) is 5.02 Å². The van der Waals surface area contributed by atoms with E-state index in [4.69, 9.17) is 21.1 Å². The Hall–Kier alpha value is -1.55. The Labute approximate surface area is 168 Å². The fraction of sp³-hybridized carbons (Fsp3) is 0.636. The van der Waals surface area contributed by atoms with E-state index in [-0.39, 0.29) is 6.61 Å². The molecule has 0 saturated heterocycles. The third-order valence-corrected chi connectivity index (χ3v) is 5.21. The SMILES string of the molecule is CCCCCCCCOC(=O)C(CC)(CC)C(=O)OCc1cccc(Cl)c1. The van der Waals surface area contributed by atoms with Crippen molar-refractivity contribution >= 4 is 23.5 Å². The normalized spacial score (nSPS) is 11.3. The van der Waals surface area contributed by atoms with Gasteiger partial charge in [-0.15, -0.1) is 0 Å². The molecule has 0 aliphatic rings. The van der Waals surface area contributed by atoms with E-state index in [0.29, 0.717) is 24.5 Å². The molecule has 0 aliphatic heterocycles. The molecule has 1 aromatic rings. The smallest absolute Gasteiger partial charge is 0.323 e. The second kappa shape index (κ2) is 12.8. The van der Waals surface area contributed by atoms with Gasteiger partial charge in [-0.2, -0.15) is 0 Å². The Morgan fingerprint density at radius 2 is 1.56 bits per heavy atom. The van der Waals surface area contributed by atoms with Crippen LogP contribution >= 0.6 is 11.6 Å². The van der Waals surface area contributed by atoms with Crippen LogP contribution in [0.3, 0.4) is 0 Å². The van der Waals surface area contributed by atoms with Crippen LogP contribution in [0.5, 0.6) is 0 Å². The summed E-state index contributed by atoms with van der Waals surface area (Å²) in [4.78, 5) is 25.3. The third-order valence-electron chi connectivity index (χ3n) is 4.98. The van der Waals surface area contributed by atoms with Gasteiger partial charge >= 0.3 is 11.9 Å². The van der Waals surface area contributed by atoms with Gasteiger partial charge in [-0.05, 0) is 37.0 Å². The zero-order chi connectivity index (χ0) is 20.1. The van der Waals surface area contributed by atoms with Gasteiger partial charge in [0.1, 0.15) is 6.61 Å². The van der Waals surface area contributed by atoms with Gasteiger partial charge in [0.25, 0.3) is 0 Å². The lowest BCUT2D eigenvalue weighted by Gasteiger charge is -2.27. The van der Waals surface area contributed by atoms with E-state index in [1.807, 2.05) is 19.9 Å². The van der Waals surface area contributed by atoms with E-state index in [2.05, 4.69) is 6.92 Å². The number of hydrogen-bond donors (Lipinski definition) is 0. The summed E-state index contributed by atoms with van der Waals surface area (Å²) < 4.78 is 10.9. The summed E-state index contributed by atoms with van der Waals surface area (Å²) in [5.74, 6) is -1.00. The maximum atomic E-state index is 12.7. The van der Waals surface area contributed by atoms with Crippen molar-refractivity contribution < 1.29 is 19.1 Å². The van der Waals surface area contributed by atoms with Crippen LogP contribution in [0.4, 0.5) is 0 Å². The summed E-state index contributed by atoms with van der Waals surface area (Å²) in [6, 6.07) is 7.13. The molecule has 0 unspecified atom stereocenters. The molecule has 0 heterocycles. The fourth-order valence-electron chi connectivity index (χ4n) is 3.01. The van der Waals surface area contributed by atoms with Crippen molar-refractivity contribution in [3.8, 4) is 0 Å².